The second kappa shape index (κ2) is 7.90. The van der Waals surface area contributed by atoms with Crippen molar-refractivity contribution in [3.05, 3.63) is 69.3 Å². The number of hydrogen-bond donors (Lipinski definition) is 0. The molecule has 0 radical (unpaired) electrons. The lowest BCUT2D eigenvalue weighted by Gasteiger charge is -2.21. The summed E-state index contributed by atoms with van der Waals surface area (Å²) in [7, 11) is 0. The normalized spacial score (nSPS) is 11.8. The first kappa shape index (κ1) is 22.3. The van der Waals surface area contributed by atoms with Gasteiger partial charge in [-0.15, -0.1) is 0 Å². The maximum atomic E-state index is 13.7. The molecule has 2 aromatic rings. The molecule has 0 aliphatic heterocycles. The van der Waals surface area contributed by atoms with E-state index >= 15 is 0 Å². The molecule has 2 aromatic carbocycles. The minimum atomic E-state index is -0.110. The number of rotatable bonds is 0. The van der Waals surface area contributed by atoms with Crippen molar-refractivity contribution < 1.29 is 8.78 Å². The Balaban J connectivity index is 0.000000260. The number of benzene rings is 2. The van der Waals surface area contributed by atoms with Gasteiger partial charge < -0.3 is 0 Å². The fourth-order valence-corrected chi connectivity index (χ4v) is 2.87. The Bertz CT molecular complexity index is 749. The molecule has 0 N–H and O–H groups in total. The smallest absolute Gasteiger partial charge is 0.129 e. The lowest BCUT2D eigenvalue weighted by atomic mass is 9.85. The van der Waals surface area contributed by atoms with Crippen molar-refractivity contribution in [3.63, 3.8) is 0 Å². The van der Waals surface area contributed by atoms with Crippen LogP contribution in [-0.2, 0) is 10.8 Å². The SMILES string of the molecule is Cc1cc(C(C)(C)C)cc(C)c1F.Cc1cc(C)c(F)c(C(C)(C)C)c1. The van der Waals surface area contributed by atoms with Gasteiger partial charge in [0.05, 0.1) is 0 Å². The summed E-state index contributed by atoms with van der Waals surface area (Å²) in [4.78, 5) is 0. The zero-order valence-corrected chi connectivity index (χ0v) is 18.1. The quantitative estimate of drug-likeness (QED) is 0.457. The molecule has 0 aromatic heterocycles. The first-order chi connectivity index (χ1) is 11.6. The molecule has 0 atom stereocenters. The third-order valence-electron chi connectivity index (χ3n) is 4.51. The van der Waals surface area contributed by atoms with Crippen LogP contribution in [0.2, 0.25) is 0 Å². The van der Waals surface area contributed by atoms with E-state index in [9.17, 15) is 8.78 Å². The summed E-state index contributed by atoms with van der Waals surface area (Å²) in [5, 5.41) is 0. The van der Waals surface area contributed by atoms with E-state index in [1.807, 2.05) is 72.7 Å². The molecule has 144 valence electrons. The predicted octanol–water partition coefficient (Wildman–Crippen LogP) is 7.48. The van der Waals surface area contributed by atoms with Crippen LogP contribution in [0, 0.1) is 39.3 Å². The number of halogens is 2. The van der Waals surface area contributed by atoms with Crippen LogP contribution < -0.4 is 0 Å². The van der Waals surface area contributed by atoms with E-state index in [-0.39, 0.29) is 22.5 Å². The van der Waals surface area contributed by atoms with E-state index in [1.165, 1.54) is 5.56 Å². The van der Waals surface area contributed by atoms with E-state index in [2.05, 4.69) is 20.8 Å². The van der Waals surface area contributed by atoms with Gasteiger partial charge in [-0.25, -0.2) is 8.78 Å². The Morgan fingerprint density at radius 3 is 1.38 bits per heavy atom. The lowest BCUT2D eigenvalue weighted by Crippen LogP contribution is -2.14. The monoisotopic (exact) mass is 360 g/mol. The van der Waals surface area contributed by atoms with E-state index in [1.54, 1.807) is 0 Å². The average Bonchev–Trinajstić information content (AvgIpc) is 2.46. The summed E-state index contributed by atoms with van der Waals surface area (Å²) in [6, 6.07) is 7.68. The lowest BCUT2D eigenvalue weighted by molar-refractivity contribution is 0.518. The van der Waals surface area contributed by atoms with E-state index in [4.69, 9.17) is 0 Å². The Hall–Kier alpha value is -1.70. The molecule has 0 amide bonds. The second-order valence-corrected chi connectivity index (χ2v) is 9.37. The van der Waals surface area contributed by atoms with E-state index < -0.39 is 0 Å². The van der Waals surface area contributed by atoms with Crippen LogP contribution in [-0.4, -0.2) is 0 Å². The maximum absolute atomic E-state index is 13.7. The van der Waals surface area contributed by atoms with Crippen LogP contribution in [0.15, 0.2) is 24.3 Å². The predicted molar refractivity (Wildman–Crippen MR) is 109 cm³/mol. The summed E-state index contributed by atoms with van der Waals surface area (Å²) in [6.07, 6.45) is 0. The van der Waals surface area contributed by atoms with Crippen molar-refractivity contribution >= 4 is 0 Å². The first-order valence-electron chi connectivity index (χ1n) is 9.19. The maximum Gasteiger partial charge on any atom is 0.129 e. The van der Waals surface area contributed by atoms with Gasteiger partial charge in [-0.2, -0.15) is 0 Å². The zero-order valence-electron chi connectivity index (χ0n) is 18.1. The fraction of sp³-hybridized carbons (Fsp3) is 0.500. The van der Waals surface area contributed by atoms with Crippen LogP contribution in [0.4, 0.5) is 8.78 Å². The molecular weight excluding hydrogens is 326 g/mol. The summed E-state index contributed by atoms with van der Waals surface area (Å²) < 4.78 is 27.0. The minimum absolute atomic E-state index is 0.0573. The van der Waals surface area contributed by atoms with E-state index in [0.717, 1.165) is 27.8 Å². The highest BCUT2D eigenvalue weighted by molar-refractivity contribution is 5.35. The fourth-order valence-electron chi connectivity index (χ4n) is 2.87. The number of hydrogen-bond acceptors (Lipinski definition) is 0. The second-order valence-electron chi connectivity index (χ2n) is 9.37. The molecule has 0 saturated heterocycles. The largest absolute Gasteiger partial charge is 0.206 e. The van der Waals surface area contributed by atoms with Gasteiger partial charge in [0, 0.05) is 0 Å². The number of aryl methyl sites for hydroxylation is 4. The van der Waals surface area contributed by atoms with Gasteiger partial charge in [0.25, 0.3) is 0 Å². The highest BCUT2D eigenvalue weighted by Crippen LogP contribution is 2.28. The molecule has 2 rings (SSSR count). The highest BCUT2D eigenvalue weighted by atomic mass is 19.1. The summed E-state index contributed by atoms with van der Waals surface area (Å²) in [6.45, 7) is 20.0. The summed E-state index contributed by atoms with van der Waals surface area (Å²) in [5.41, 5.74) is 5.35. The Labute approximate surface area is 158 Å². The molecule has 26 heavy (non-hydrogen) atoms. The Morgan fingerprint density at radius 2 is 1.00 bits per heavy atom. The van der Waals surface area contributed by atoms with Crippen molar-refractivity contribution in [1.29, 1.82) is 0 Å². The van der Waals surface area contributed by atoms with Gasteiger partial charge >= 0.3 is 0 Å². The van der Waals surface area contributed by atoms with Crippen molar-refractivity contribution in [2.45, 2.75) is 80.1 Å². The van der Waals surface area contributed by atoms with Crippen molar-refractivity contribution in [2.24, 2.45) is 0 Å². The van der Waals surface area contributed by atoms with Crippen LogP contribution in [0.3, 0.4) is 0 Å². The summed E-state index contributed by atoms with van der Waals surface area (Å²) >= 11 is 0. The van der Waals surface area contributed by atoms with Gasteiger partial charge in [-0.05, 0) is 66.3 Å². The third kappa shape index (κ3) is 5.65. The zero-order chi connectivity index (χ0) is 20.4. The standard InChI is InChI=1S/2C12H17F/c1-8-6-10(12(3,4)5)7-9(2)11(8)13;1-8-6-9(2)11(13)10(7-8)12(3,4)5/h2*6-7H,1-5H3. The molecule has 0 aliphatic rings. The highest BCUT2D eigenvalue weighted by Gasteiger charge is 2.19. The van der Waals surface area contributed by atoms with Crippen LogP contribution in [0.1, 0.15) is 74.9 Å². The molecular formula is C24H34F2. The molecule has 2 heteroatoms. The minimum Gasteiger partial charge on any atom is -0.206 e. The van der Waals surface area contributed by atoms with Crippen molar-refractivity contribution in [3.8, 4) is 0 Å². The van der Waals surface area contributed by atoms with Crippen molar-refractivity contribution in [2.75, 3.05) is 0 Å². The first-order valence-corrected chi connectivity index (χ1v) is 9.19. The topological polar surface area (TPSA) is 0 Å². The molecule has 0 nitrogen and oxygen atoms in total. The summed E-state index contributed by atoms with van der Waals surface area (Å²) in [5.74, 6) is -0.133. The van der Waals surface area contributed by atoms with Gasteiger partial charge in [0.1, 0.15) is 11.6 Å². The van der Waals surface area contributed by atoms with Crippen molar-refractivity contribution in [1.82, 2.24) is 0 Å². The molecule has 0 unspecified atom stereocenters. The van der Waals surface area contributed by atoms with Crippen LogP contribution in [0.5, 0.6) is 0 Å². The van der Waals surface area contributed by atoms with Gasteiger partial charge in [-0.1, -0.05) is 71.4 Å². The third-order valence-corrected chi connectivity index (χ3v) is 4.51. The van der Waals surface area contributed by atoms with Crippen LogP contribution >= 0.6 is 0 Å². The Kier molecular flexibility index (Phi) is 6.79. The Morgan fingerprint density at radius 1 is 0.577 bits per heavy atom. The van der Waals surface area contributed by atoms with Gasteiger partial charge in [-0.3, -0.25) is 0 Å². The van der Waals surface area contributed by atoms with Gasteiger partial charge in [0.15, 0.2) is 0 Å². The molecule has 0 spiro atoms. The molecule has 0 bridgehead atoms. The molecule has 0 aliphatic carbocycles. The molecule has 0 fully saturated rings. The molecule has 0 saturated carbocycles. The van der Waals surface area contributed by atoms with E-state index in [0.29, 0.717) is 0 Å². The molecule has 0 heterocycles. The average molecular weight is 361 g/mol. The van der Waals surface area contributed by atoms with Gasteiger partial charge in [0.2, 0.25) is 0 Å². The van der Waals surface area contributed by atoms with Crippen LogP contribution in [0.25, 0.3) is 0 Å².